The van der Waals surface area contributed by atoms with Crippen LogP contribution in [0.1, 0.15) is 30.0 Å². The van der Waals surface area contributed by atoms with E-state index in [4.69, 9.17) is 24.9 Å². The lowest BCUT2D eigenvalue weighted by molar-refractivity contribution is 0.164. The number of amidine groups is 1. The van der Waals surface area contributed by atoms with Crippen LogP contribution < -0.4 is 10.5 Å². The van der Waals surface area contributed by atoms with Crippen molar-refractivity contribution in [2.75, 3.05) is 26.9 Å². The second-order valence-corrected chi connectivity index (χ2v) is 8.67. The molecule has 0 radical (unpaired) electrons. The van der Waals surface area contributed by atoms with Gasteiger partial charge in [-0.25, -0.2) is 9.37 Å². The van der Waals surface area contributed by atoms with Gasteiger partial charge in [0.25, 0.3) is 0 Å². The van der Waals surface area contributed by atoms with Crippen LogP contribution in [0.5, 0.6) is 11.5 Å². The quantitative estimate of drug-likeness (QED) is 0.310. The highest BCUT2D eigenvalue weighted by Gasteiger charge is 2.41. The number of aromatic nitrogens is 1. The number of nitrogens with two attached hydrogens (primary N) is 1. The number of rotatable bonds is 5. The molecular formula is C27H25F2N3O3. The second-order valence-electron chi connectivity index (χ2n) is 8.67. The first-order chi connectivity index (χ1) is 16.9. The molecule has 0 unspecified atom stereocenters. The van der Waals surface area contributed by atoms with Crippen molar-refractivity contribution < 1.29 is 23.0 Å². The van der Waals surface area contributed by atoms with E-state index in [1.807, 2.05) is 19.1 Å². The molecule has 0 saturated heterocycles. The van der Waals surface area contributed by atoms with Gasteiger partial charge >= 0.3 is 0 Å². The topological polar surface area (TPSA) is 79.0 Å². The first-order valence-corrected chi connectivity index (χ1v) is 11.3. The molecule has 180 valence electrons. The molecule has 1 atom stereocenters. The number of nitrogens with zero attached hydrogens (tertiary/aromatic N) is 2. The molecule has 0 amide bonds. The molecule has 0 aliphatic carbocycles. The summed E-state index contributed by atoms with van der Waals surface area (Å²) in [7, 11) is 1.52. The molecule has 35 heavy (non-hydrogen) atoms. The van der Waals surface area contributed by atoms with Crippen molar-refractivity contribution >= 4 is 11.4 Å². The van der Waals surface area contributed by atoms with Crippen molar-refractivity contribution in [3.63, 3.8) is 0 Å². The van der Waals surface area contributed by atoms with Crippen molar-refractivity contribution in [3.8, 4) is 22.6 Å². The molecule has 3 heterocycles. The Kier molecular flexibility index (Phi) is 6.08. The first-order valence-electron chi connectivity index (χ1n) is 11.3. The van der Waals surface area contributed by atoms with Crippen molar-refractivity contribution in [2.24, 2.45) is 10.7 Å². The number of aliphatic imine (C=N–C) groups is 1. The zero-order chi connectivity index (χ0) is 24.6. The third-order valence-corrected chi connectivity index (χ3v) is 6.29. The van der Waals surface area contributed by atoms with Gasteiger partial charge in [0, 0.05) is 30.0 Å². The summed E-state index contributed by atoms with van der Waals surface area (Å²) in [5, 5.41) is 0. The van der Waals surface area contributed by atoms with E-state index in [0.717, 1.165) is 12.0 Å². The van der Waals surface area contributed by atoms with Gasteiger partial charge in [0.1, 0.15) is 23.7 Å². The minimum absolute atomic E-state index is 0.0790. The van der Waals surface area contributed by atoms with Crippen LogP contribution in [0.4, 0.5) is 8.78 Å². The molecular weight excluding hydrogens is 452 g/mol. The molecule has 5 rings (SSSR count). The van der Waals surface area contributed by atoms with Crippen LogP contribution in [-0.2, 0) is 15.0 Å². The molecule has 6 nitrogen and oxygen atoms in total. The SMILES string of the molecule is COC/C(N)=N\[C@@]1(C)c2cc(-c3cccnc3F)ccc2Oc2c(F)cc(C3=CCCOC3)cc21. The van der Waals surface area contributed by atoms with Gasteiger partial charge in [0.05, 0.1) is 13.2 Å². The van der Waals surface area contributed by atoms with Crippen LogP contribution in [0.3, 0.4) is 0 Å². The minimum Gasteiger partial charge on any atom is -0.453 e. The zero-order valence-corrected chi connectivity index (χ0v) is 19.5. The van der Waals surface area contributed by atoms with Gasteiger partial charge in [-0.05, 0) is 66.4 Å². The second kappa shape index (κ2) is 9.20. The number of hydrogen-bond acceptors (Lipinski definition) is 5. The fourth-order valence-corrected chi connectivity index (χ4v) is 4.61. The van der Waals surface area contributed by atoms with Crippen LogP contribution in [0.15, 0.2) is 59.7 Å². The molecule has 0 fully saturated rings. The molecule has 0 bridgehead atoms. The maximum atomic E-state index is 15.5. The minimum atomic E-state index is -1.13. The van der Waals surface area contributed by atoms with Gasteiger partial charge in [-0.15, -0.1) is 0 Å². The van der Waals surface area contributed by atoms with Crippen LogP contribution >= 0.6 is 0 Å². The summed E-state index contributed by atoms with van der Waals surface area (Å²) < 4.78 is 46.7. The predicted octanol–water partition coefficient (Wildman–Crippen LogP) is 5.20. The Morgan fingerprint density at radius 3 is 2.74 bits per heavy atom. The predicted molar refractivity (Wildman–Crippen MR) is 129 cm³/mol. The van der Waals surface area contributed by atoms with E-state index in [1.165, 1.54) is 19.4 Å². The Bertz CT molecular complexity index is 1360. The standard InChI is InChI=1S/C27H25F2N3O3/c1-27(32-24(30)15-33-2)20-11-16(19-6-3-9-31-26(19)29)7-8-23(20)35-25-21(27)12-18(13-22(25)28)17-5-4-10-34-14-17/h3,5-9,11-13H,4,10,14-15H2,1-2H3,(H2,30,32)/t27-/m0/s1. The van der Waals surface area contributed by atoms with Crippen LogP contribution in [0.25, 0.3) is 16.7 Å². The van der Waals surface area contributed by atoms with Gasteiger partial charge in [-0.3, -0.25) is 4.99 Å². The molecule has 8 heteroatoms. The van der Waals surface area contributed by atoms with E-state index in [2.05, 4.69) is 4.98 Å². The maximum Gasteiger partial charge on any atom is 0.220 e. The summed E-state index contributed by atoms with van der Waals surface area (Å²) in [6.45, 7) is 2.97. The number of pyridine rings is 1. The fourth-order valence-electron chi connectivity index (χ4n) is 4.61. The van der Waals surface area contributed by atoms with Crippen LogP contribution in [0.2, 0.25) is 0 Å². The molecule has 0 saturated carbocycles. The lowest BCUT2D eigenvalue weighted by Crippen LogP contribution is -2.31. The molecule has 2 N–H and O–H groups in total. The zero-order valence-electron chi connectivity index (χ0n) is 19.5. The van der Waals surface area contributed by atoms with E-state index >= 15 is 4.39 Å². The smallest absolute Gasteiger partial charge is 0.220 e. The average Bonchev–Trinajstić information content (AvgIpc) is 2.86. The van der Waals surface area contributed by atoms with Crippen molar-refractivity contribution in [2.45, 2.75) is 18.9 Å². The highest BCUT2D eigenvalue weighted by atomic mass is 19.1. The third kappa shape index (κ3) is 4.19. The Morgan fingerprint density at radius 2 is 2.00 bits per heavy atom. The van der Waals surface area contributed by atoms with Gasteiger partial charge < -0.3 is 19.9 Å². The van der Waals surface area contributed by atoms with Gasteiger partial charge in [-0.1, -0.05) is 12.1 Å². The van der Waals surface area contributed by atoms with Gasteiger partial charge in [0.2, 0.25) is 5.95 Å². The fraction of sp³-hybridized carbons (Fsp3) is 0.259. The summed E-state index contributed by atoms with van der Waals surface area (Å²) in [6, 6.07) is 11.8. The summed E-state index contributed by atoms with van der Waals surface area (Å²) >= 11 is 0. The van der Waals surface area contributed by atoms with Crippen molar-refractivity contribution in [1.29, 1.82) is 0 Å². The number of methoxy groups -OCH3 is 1. The van der Waals surface area contributed by atoms with E-state index in [9.17, 15) is 4.39 Å². The molecule has 2 aromatic carbocycles. The number of benzene rings is 2. The average molecular weight is 478 g/mol. The summed E-state index contributed by atoms with van der Waals surface area (Å²) in [5.74, 6) is -0.378. The Hall–Kier alpha value is -3.62. The van der Waals surface area contributed by atoms with E-state index in [-0.39, 0.29) is 18.2 Å². The monoisotopic (exact) mass is 477 g/mol. The normalized spacial score (nSPS) is 19.4. The van der Waals surface area contributed by atoms with E-state index in [1.54, 1.807) is 30.3 Å². The van der Waals surface area contributed by atoms with Crippen molar-refractivity contribution in [1.82, 2.24) is 4.98 Å². The lowest BCUT2D eigenvalue weighted by Gasteiger charge is -2.36. The summed E-state index contributed by atoms with van der Waals surface area (Å²) in [4.78, 5) is 8.55. The largest absolute Gasteiger partial charge is 0.453 e. The number of halogens is 2. The molecule has 0 spiro atoms. The third-order valence-electron chi connectivity index (χ3n) is 6.29. The Morgan fingerprint density at radius 1 is 1.17 bits per heavy atom. The summed E-state index contributed by atoms with van der Waals surface area (Å²) in [6.07, 6.45) is 4.19. The highest BCUT2D eigenvalue weighted by molar-refractivity contribution is 5.83. The molecule has 1 aromatic heterocycles. The maximum absolute atomic E-state index is 15.5. The number of ether oxygens (including phenoxy) is 3. The van der Waals surface area contributed by atoms with E-state index in [0.29, 0.717) is 46.8 Å². The van der Waals surface area contributed by atoms with E-state index < -0.39 is 17.3 Å². The molecule has 2 aliphatic rings. The lowest BCUT2D eigenvalue weighted by atomic mass is 9.79. The highest BCUT2D eigenvalue weighted by Crippen LogP contribution is 2.51. The molecule has 2 aliphatic heterocycles. The van der Waals surface area contributed by atoms with Crippen LogP contribution in [0, 0.1) is 11.8 Å². The van der Waals surface area contributed by atoms with Crippen molar-refractivity contribution in [3.05, 3.63) is 83.2 Å². The molecule has 3 aromatic rings. The Balaban J connectivity index is 1.73. The van der Waals surface area contributed by atoms with Gasteiger partial charge in [-0.2, -0.15) is 4.39 Å². The van der Waals surface area contributed by atoms with Gasteiger partial charge in [0.15, 0.2) is 11.6 Å². The summed E-state index contributed by atoms with van der Waals surface area (Å²) in [5.41, 5.74) is 8.70. The number of hydrogen-bond donors (Lipinski definition) is 1. The van der Waals surface area contributed by atoms with Crippen LogP contribution in [-0.4, -0.2) is 37.8 Å². The Labute approximate surface area is 202 Å². The number of fused-ring (bicyclic) bond motifs is 2. The first kappa shape index (κ1) is 23.1.